The number of halogens is 6. The maximum Gasteiger partial charge on any atom is 0.419 e. The zero-order chi connectivity index (χ0) is 59.9. The summed E-state index contributed by atoms with van der Waals surface area (Å²) in [6.45, 7) is 2.68. The third-order valence-corrected chi connectivity index (χ3v) is 13.8. The number of anilines is 2. The van der Waals surface area contributed by atoms with E-state index in [4.69, 9.17) is 30.5 Å². The number of ketones is 2. The number of nitrogen functional groups attached to an aromatic ring is 2. The molecule has 1 amide bonds. The van der Waals surface area contributed by atoms with Gasteiger partial charge in [-0.2, -0.15) is 26.3 Å². The van der Waals surface area contributed by atoms with Crippen LogP contribution in [0.1, 0.15) is 80.2 Å². The van der Waals surface area contributed by atoms with Gasteiger partial charge >= 0.3 is 18.3 Å². The number of carboxylic acid groups (broad SMARTS) is 1. The lowest BCUT2D eigenvalue weighted by molar-refractivity contribution is -0.253. The lowest BCUT2D eigenvalue weighted by Crippen LogP contribution is -2.48. The number of hydrogen-bond donors (Lipinski definition) is 6. The summed E-state index contributed by atoms with van der Waals surface area (Å²) in [5, 5.41) is 31.9. The average molecular weight is 1150 g/mol. The molecule has 0 spiro atoms. The Hall–Kier alpha value is -9.06. The second kappa shape index (κ2) is 25.0. The molecule has 10 rings (SSSR count). The maximum atomic E-state index is 13.1. The molecule has 8 heterocycles. The van der Waals surface area contributed by atoms with E-state index < -0.39 is 48.4 Å². The number of amides is 1. The largest absolute Gasteiger partial charge is 0.478 e. The van der Waals surface area contributed by atoms with Gasteiger partial charge in [0.05, 0.1) is 29.1 Å². The molecule has 0 saturated carbocycles. The van der Waals surface area contributed by atoms with Crippen LogP contribution in [0.15, 0.2) is 131 Å². The van der Waals surface area contributed by atoms with Crippen LogP contribution in [0.25, 0.3) is 56.6 Å². The van der Waals surface area contributed by atoms with Crippen LogP contribution in [0.5, 0.6) is 0 Å². The van der Waals surface area contributed by atoms with Gasteiger partial charge in [0.25, 0.3) is 5.91 Å². The third-order valence-electron chi connectivity index (χ3n) is 13.8. The number of β-amino-alcohol motifs (C(OH)–C–C–N with tert-alkyl or cyclic N) is 2. The Morgan fingerprint density at radius 1 is 0.639 bits per heavy atom. The number of likely N-dealkylation sites (tertiary alicyclic amines) is 1. The van der Waals surface area contributed by atoms with E-state index in [0.717, 1.165) is 60.4 Å². The summed E-state index contributed by atoms with van der Waals surface area (Å²) in [6, 6.07) is 24.8. The van der Waals surface area contributed by atoms with Gasteiger partial charge in [-0.25, -0.2) is 14.8 Å². The number of carbonyl (C=O) groups is 4. The number of fused-ring (bicyclic) bond motifs is 2. The van der Waals surface area contributed by atoms with Gasteiger partial charge < -0.3 is 45.8 Å². The number of aliphatic hydroxyl groups is 2. The number of aromatic nitrogens is 4. The molecule has 0 radical (unpaired) electrons. The topological polar surface area (TPSA) is 274 Å². The van der Waals surface area contributed by atoms with E-state index in [1.165, 1.54) is 36.7 Å². The lowest BCUT2D eigenvalue weighted by Gasteiger charge is -2.25. The summed E-state index contributed by atoms with van der Waals surface area (Å²) in [7, 11) is 0. The van der Waals surface area contributed by atoms with Gasteiger partial charge in [-0.15, -0.1) is 0 Å². The number of nitrogens with one attached hydrogen (secondary N) is 1. The Bertz CT molecular complexity index is 3710. The predicted octanol–water partition coefficient (Wildman–Crippen LogP) is 10.1. The fourth-order valence-electron chi connectivity index (χ4n) is 9.06. The number of aromatic carboxylic acids is 1. The van der Waals surface area contributed by atoms with E-state index in [-0.39, 0.29) is 55.2 Å². The van der Waals surface area contributed by atoms with E-state index in [9.17, 15) is 50.6 Å². The zero-order valence-corrected chi connectivity index (χ0v) is 44.7. The second-order valence-electron chi connectivity index (χ2n) is 20.1. The summed E-state index contributed by atoms with van der Waals surface area (Å²) in [4.78, 5) is 65.9. The van der Waals surface area contributed by atoms with Crippen LogP contribution in [0.4, 0.5) is 38.0 Å². The molecule has 432 valence electrons. The molecule has 2 aromatic carbocycles. The average Bonchev–Trinajstić information content (AvgIpc) is 4.51. The van der Waals surface area contributed by atoms with Gasteiger partial charge in [0, 0.05) is 91.9 Å². The van der Waals surface area contributed by atoms with Crippen molar-refractivity contribution in [2.24, 2.45) is 0 Å². The Balaban J connectivity index is 0.000000189. The number of alkyl halides is 6. The minimum absolute atomic E-state index is 0.0117. The number of nitrogens with two attached hydrogens (primary N) is 2. The van der Waals surface area contributed by atoms with Crippen LogP contribution in [0.2, 0.25) is 0 Å². The lowest BCUT2D eigenvalue weighted by atomic mass is 10.0. The fourth-order valence-corrected chi connectivity index (χ4v) is 9.06. The van der Waals surface area contributed by atoms with E-state index in [1.807, 2.05) is 50.2 Å². The van der Waals surface area contributed by atoms with Gasteiger partial charge in [0.1, 0.15) is 34.3 Å². The van der Waals surface area contributed by atoms with Crippen LogP contribution >= 0.6 is 0 Å². The molecular weight excluding hydrogens is 1090 g/mol. The van der Waals surface area contributed by atoms with Gasteiger partial charge in [0.2, 0.25) is 0 Å². The molecule has 6 aromatic heterocycles. The normalized spacial score (nSPS) is 17.2. The molecule has 8 N–H and O–H groups in total. The number of aryl methyl sites for hydroxylation is 4. The van der Waals surface area contributed by atoms with Crippen molar-refractivity contribution in [3.8, 4) is 22.5 Å². The van der Waals surface area contributed by atoms with Crippen molar-refractivity contribution >= 4 is 69.2 Å². The molecule has 2 aliphatic heterocycles. The number of benzene rings is 2. The highest BCUT2D eigenvalue weighted by atomic mass is 19.4. The zero-order valence-electron chi connectivity index (χ0n) is 44.7. The Labute approximate surface area is 470 Å². The van der Waals surface area contributed by atoms with Crippen molar-refractivity contribution in [2.75, 3.05) is 37.6 Å². The maximum absolute atomic E-state index is 13.1. The highest BCUT2D eigenvalue weighted by Crippen LogP contribution is 2.39. The highest BCUT2D eigenvalue weighted by Gasteiger charge is 2.58. The number of rotatable bonds is 14. The first kappa shape index (κ1) is 60.0. The smallest absolute Gasteiger partial charge is 0.419 e. The van der Waals surface area contributed by atoms with Gasteiger partial charge in [-0.05, 0) is 158 Å². The Morgan fingerprint density at radius 2 is 1.12 bits per heavy atom. The molecule has 17 nitrogen and oxygen atoms in total. The van der Waals surface area contributed by atoms with Crippen molar-refractivity contribution in [3.63, 3.8) is 0 Å². The van der Waals surface area contributed by atoms with E-state index in [2.05, 4.69) is 25.3 Å². The summed E-state index contributed by atoms with van der Waals surface area (Å²) in [5.74, 6) is 0.529. The minimum atomic E-state index is -4.81. The summed E-state index contributed by atoms with van der Waals surface area (Å²) in [5.41, 5.74) is 13.8. The van der Waals surface area contributed by atoms with Crippen molar-refractivity contribution in [1.82, 2.24) is 30.2 Å². The molecule has 8 aromatic rings. The first-order chi connectivity index (χ1) is 39.3. The van der Waals surface area contributed by atoms with E-state index >= 15 is 0 Å². The van der Waals surface area contributed by atoms with Crippen molar-refractivity contribution in [2.45, 2.75) is 75.9 Å². The molecule has 2 atom stereocenters. The summed E-state index contributed by atoms with van der Waals surface area (Å²) in [6.07, 6.45) is 3.69. The van der Waals surface area contributed by atoms with Crippen LogP contribution in [0, 0.1) is 13.8 Å². The van der Waals surface area contributed by atoms with Crippen molar-refractivity contribution in [1.29, 1.82) is 0 Å². The molecule has 2 unspecified atom stereocenters. The molecule has 83 heavy (non-hydrogen) atoms. The van der Waals surface area contributed by atoms with Gasteiger partial charge in [-0.3, -0.25) is 24.4 Å². The molecule has 2 aliphatic rings. The second-order valence-corrected chi connectivity index (χ2v) is 20.1. The Morgan fingerprint density at radius 3 is 1.49 bits per heavy atom. The first-order valence-corrected chi connectivity index (χ1v) is 25.9. The number of hydrogen-bond acceptors (Lipinski definition) is 15. The monoisotopic (exact) mass is 1150 g/mol. The summed E-state index contributed by atoms with van der Waals surface area (Å²) < 4.78 is 86.9. The Kier molecular flexibility index (Phi) is 18.1. The number of carboxylic acids is 1. The molecule has 23 heteroatoms. The highest BCUT2D eigenvalue weighted by molar-refractivity contribution is 5.96. The van der Waals surface area contributed by atoms with Crippen LogP contribution in [0.3, 0.4) is 0 Å². The predicted molar refractivity (Wildman–Crippen MR) is 297 cm³/mol. The van der Waals surface area contributed by atoms with Crippen molar-refractivity contribution < 1.29 is 69.7 Å². The van der Waals surface area contributed by atoms with Gasteiger partial charge in [0.15, 0.2) is 22.8 Å². The van der Waals surface area contributed by atoms with E-state index in [0.29, 0.717) is 53.6 Å². The van der Waals surface area contributed by atoms with Gasteiger partial charge in [-0.1, -0.05) is 0 Å². The third kappa shape index (κ3) is 14.9. The fraction of sp³-hybridized carbons (Fsp3) is 0.267. The first-order valence-electron chi connectivity index (χ1n) is 25.9. The molecule has 2 fully saturated rings. The number of furan rings is 2. The number of allylic oxidation sites excluding steroid dienone is 2. The quantitative estimate of drug-likeness (QED) is 0.0436. The van der Waals surface area contributed by atoms with Crippen LogP contribution in [-0.2, 0) is 22.4 Å². The number of pyridine rings is 4. The summed E-state index contributed by atoms with van der Waals surface area (Å²) >= 11 is 0. The minimum Gasteiger partial charge on any atom is -0.478 e. The van der Waals surface area contributed by atoms with Crippen molar-refractivity contribution in [3.05, 3.63) is 167 Å². The molecule has 0 bridgehead atoms. The van der Waals surface area contributed by atoms with Crippen LogP contribution < -0.4 is 16.8 Å². The molecular formula is C60H56F6N8O9. The SMILES string of the molecule is Cc1cc(-c2ccc(C(=O)N3CCC(O)(C(F)(F)F)C3)cn2)cc2cc(CCC(=O)/C=C/c3ccc(N)nc3)oc12.Cc1cc(-c2ccc(C(=O)O)cn2)cc2cc(CCC(=O)/C=C/c3ccc(N)nc3)oc12.OC1(C(F)(F)F)CCNC1. The van der Waals surface area contributed by atoms with Crippen LogP contribution in [-0.4, -0.2) is 113 Å². The molecule has 0 aliphatic carbocycles. The number of carbonyl (C=O) groups excluding carboxylic acids is 3. The standard InChI is InChI=1S/C30H27F3N4O4.C25H21N3O4.C5H8F3NO/c1-18-12-21(25-8-4-20(16-35-25)28(39)37-11-10-29(40,17-37)30(31,32)33)13-22-14-24(41-27(18)22)7-6-23(38)5-2-19-3-9-26(34)36-15-19;1-15-10-18(22-8-4-17(14-27-22)25(30)31)11-19-12-21(32-24(15)19)7-6-20(29)5-2-16-3-9-23(26)28-13-16;6-5(7,8)4(10)1-2-9-3-4/h2-5,8-9,12-16,40H,6-7,10-11,17H2,1H3,(H2,34,36);2-5,8-14H,6-7H2,1H3,(H2,26,28)(H,30,31);9-10H,1-3H2/b2*5-2+;. The van der Waals surface area contributed by atoms with E-state index in [1.54, 1.807) is 60.9 Å². The molecule has 2 saturated heterocycles. The number of nitrogens with zero attached hydrogens (tertiary/aromatic N) is 5.